The Labute approximate surface area is 169 Å². The molecule has 2 N–H and O–H groups in total. The fourth-order valence-electron chi connectivity index (χ4n) is 3.34. The lowest BCUT2D eigenvalue weighted by molar-refractivity contribution is -0.0494. The molecule has 0 radical (unpaired) electrons. The number of rotatable bonds is 5. The standard InChI is InChI=1S/C18H20F4N6O2/c19-11-8-28(9-12(11)20)18-25-13(6-15(26-18)27-1-3-29-4-2-27)10-5-14(30-17(21)22)16(23)24-7-10/h5-7,11-12,17H,1-4,8-9H2,(H2,23,24)/t11-,12+. The molecule has 2 aliphatic rings. The van der Waals surface area contributed by atoms with Crippen molar-refractivity contribution >= 4 is 17.6 Å². The molecule has 0 bridgehead atoms. The molecule has 0 amide bonds. The normalized spacial score (nSPS) is 22.0. The van der Waals surface area contributed by atoms with Crippen molar-refractivity contribution in [2.24, 2.45) is 0 Å². The molecule has 0 unspecified atom stereocenters. The molecule has 0 aromatic carbocycles. The summed E-state index contributed by atoms with van der Waals surface area (Å²) in [5.41, 5.74) is 6.30. The number of ether oxygens (including phenoxy) is 2. The van der Waals surface area contributed by atoms with E-state index in [2.05, 4.69) is 19.7 Å². The largest absolute Gasteiger partial charge is 0.431 e. The Morgan fingerprint density at radius 2 is 1.77 bits per heavy atom. The van der Waals surface area contributed by atoms with Gasteiger partial charge in [-0.05, 0) is 6.07 Å². The van der Waals surface area contributed by atoms with Crippen LogP contribution in [0.2, 0.25) is 0 Å². The number of alkyl halides is 4. The number of anilines is 3. The van der Waals surface area contributed by atoms with Gasteiger partial charge in [-0.25, -0.2) is 18.7 Å². The average molecular weight is 428 g/mol. The van der Waals surface area contributed by atoms with E-state index in [0.717, 1.165) is 0 Å². The minimum Gasteiger partial charge on any atom is -0.431 e. The van der Waals surface area contributed by atoms with Crippen LogP contribution < -0.4 is 20.3 Å². The van der Waals surface area contributed by atoms with Gasteiger partial charge in [0.25, 0.3) is 0 Å². The van der Waals surface area contributed by atoms with Gasteiger partial charge in [-0.3, -0.25) is 0 Å². The monoisotopic (exact) mass is 428 g/mol. The van der Waals surface area contributed by atoms with Crippen molar-refractivity contribution in [3.05, 3.63) is 18.3 Å². The molecule has 0 saturated carbocycles. The molecule has 2 aromatic rings. The van der Waals surface area contributed by atoms with Crippen molar-refractivity contribution in [1.82, 2.24) is 15.0 Å². The summed E-state index contributed by atoms with van der Waals surface area (Å²) >= 11 is 0. The highest BCUT2D eigenvalue weighted by Crippen LogP contribution is 2.31. The Bertz CT molecular complexity index is 889. The maximum Gasteiger partial charge on any atom is 0.387 e. The van der Waals surface area contributed by atoms with Crippen LogP contribution in [-0.2, 0) is 4.74 Å². The Morgan fingerprint density at radius 3 is 2.43 bits per heavy atom. The summed E-state index contributed by atoms with van der Waals surface area (Å²) < 4.78 is 62.6. The van der Waals surface area contributed by atoms with E-state index in [0.29, 0.717) is 43.4 Å². The fraction of sp³-hybridized carbons (Fsp3) is 0.500. The van der Waals surface area contributed by atoms with E-state index in [1.807, 2.05) is 4.90 Å². The van der Waals surface area contributed by atoms with Crippen molar-refractivity contribution in [3.8, 4) is 17.0 Å². The molecule has 2 atom stereocenters. The Hall–Kier alpha value is -2.89. The molecule has 0 spiro atoms. The number of nitrogens with two attached hydrogens (primary N) is 1. The number of nitrogens with zero attached hydrogens (tertiary/aromatic N) is 5. The first-order valence-electron chi connectivity index (χ1n) is 9.36. The van der Waals surface area contributed by atoms with Crippen molar-refractivity contribution in [1.29, 1.82) is 0 Å². The highest BCUT2D eigenvalue weighted by molar-refractivity contribution is 5.68. The van der Waals surface area contributed by atoms with Crippen LogP contribution in [0.1, 0.15) is 0 Å². The maximum absolute atomic E-state index is 13.7. The fourth-order valence-corrected chi connectivity index (χ4v) is 3.34. The van der Waals surface area contributed by atoms with Crippen LogP contribution in [0.15, 0.2) is 18.3 Å². The Kier molecular flexibility index (Phi) is 5.75. The third-order valence-corrected chi connectivity index (χ3v) is 4.89. The number of aromatic nitrogens is 3. The summed E-state index contributed by atoms with van der Waals surface area (Å²) in [6.07, 6.45) is -1.90. The van der Waals surface area contributed by atoms with Crippen LogP contribution in [0.4, 0.5) is 35.1 Å². The molecule has 8 nitrogen and oxygen atoms in total. The minimum absolute atomic E-state index is 0.143. The topological polar surface area (TPSA) is 89.6 Å². The van der Waals surface area contributed by atoms with Gasteiger partial charge in [0.05, 0.1) is 32.0 Å². The van der Waals surface area contributed by atoms with E-state index >= 15 is 0 Å². The van der Waals surface area contributed by atoms with Gasteiger partial charge >= 0.3 is 6.61 Å². The van der Waals surface area contributed by atoms with Crippen LogP contribution in [-0.4, -0.2) is 73.3 Å². The molecule has 0 aliphatic carbocycles. The maximum atomic E-state index is 13.7. The highest BCUT2D eigenvalue weighted by atomic mass is 19.3. The number of pyridine rings is 1. The third kappa shape index (κ3) is 4.32. The van der Waals surface area contributed by atoms with Gasteiger partial charge in [0.2, 0.25) is 5.95 Å². The van der Waals surface area contributed by atoms with E-state index in [1.165, 1.54) is 17.2 Å². The van der Waals surface area contributed by atoms with Crippen LogP contribution in [0, 0.1) is 0 Å². The number of nitrogen functional groups attached to an aromatic ring is 1. The smallest absolute Gasteiger partial charge is 0.387 e. The Morgan fingerprint density at radius 1 is 1.07 bits per heavy atom. The summed E-state index contributed by atoms with van der Waals surface area (Å²) in [7, 11) is 0. The second-order valence-electron chi connectivity index (χ2n) is 6.93. The molecule has 4 rings (SSSR count). The number of hydrogen-bond donors (Lipinski definition) is 1. The summed E-state index contributed by atoms with van der Waals surface area (Å²) in [6.45, 7) is -1.25. The van der Waals surface area contributed by atoms with Crippen LogP contribution >= 0.6 is 0 Å². The van der Waals surface area contributed by atoms with E-state index in [4.69, 9.17) is 10.5 Å². The summed E-state index contributed by atoms with van der Waals surface area (Å²) in [5, 5.41) is 0. The molecular formula is C18H20F4N6O2. The number of morpholine rings is 1. The van der Waals surface area contributed by atoms with E-state index in [9.17, 15) is 17.6 Å². The van der Waals surface area contributed by atoms with Gasteiger partial charge in [0, 0.05) is 30.9 Å². The molecule has 30 heavy (non-hydrogen) atoms. The SMILES string of the molecule is Nc1ncc(-c2cc(N3CCOCC3)nc(N3C[C@@H](F)[C@@H](F)C3)n2)cc1OC(F)F. The van der Waals surface area contributed by atoms with Crippen LogP contribution in [0.3, 0.4) is 0 Å². The first-order chi connectivity index (χ1) is 14.4. The summed E-state index contributed by atoms with van der Waals surface area (Å²) in [4.78, 5) is 16.1. The Balaban J connectivity index is 1.74. The molecule has 2 aromatic heterocycles. The van der Waals surface area contributed by atoms with Gasteiger partial charge < -0.3 is 25.0 Å². The van der Waals surface area contributed by atoms with E-state index in [1.54, 1.807) is 6.07 Å². The second-order valence-corrected chi connectivity index (χ2v) is 6.93. The molecule has 2 saturated heterocycles. The lowest BCUT2D eigenvalue weighted by atomic mass is 10.2. The molecular weight excluding hydrogens is 408 g/mol. The summed E-state index contributed by atoms with van der Waals surface area (Å²) in [6, 6.07) is 2.95. The zero-order valence-electron chi connectivity index (χ0n) is 15.8. The van der Waals surface area contributed by atoms with Gasteiger partial charge in [0.15, 0.2) is 23.9 Å². The lowest BCUT2D eigenvalue weighted by Crippen LogP contribution is -2.37. The first-order valence-corrected chi connectivity index (χ1v) is 9.36. The molecule has 162 valence electrons. The predicted molar refractivity (Wildman–Crippen MR) is 101 cm³/mol. The molecule has 2 aliphatic heterocycles. The van der Waals surface area contributed by atoms with E-state index < -0.39 is 19.0 Å². The lowest BCUT2D eigenvalue weighted by Gasteiger charge is -2.29. The summed E-state index contributed by atoms with van der Waals surface area (Å²) in [5.74, 6) is 0.195. The van der Waals surface area contributed by atoms with Crippen molar-refractivity contribution < 1.29 is 27.0 Å². The third-order valence-electron chi connectivity index (χ3n) is 4.89. The zero-order chi connectivity index (χ0) is 21.3. The van der Waals surface area contributed by atoms with Crippen molar-refractivity contribution in [2.75, 3.05) is 54.9 Å². The van der Waals surface area contributed by atoms with Gasteiger partial charge in [-0.2, -0.15) is 13.8 Å². The van der Waals surface area contributed by atoms with Crippen LogP contribution in [0.25, 0.3) is 11.3 Å². The highest BCUT2D eigenvalue weighted by Gasteiger charge is 2.34. The van der Waals surface area contributed by atoms with Crippen molar-refractivity contribution in [2.45, 2.75) is 19.0 Å². The molecule has 2 fully saturated rings. The van der Waals surface area contributed by atoms with Gasteiger partial charge in [-0.1, -0.05) is 0 Å². The minimum atomic E-state index is -3.07. The quantitative estimate of drug-likeness (QED) is 0.724. The van der Waals surface area contributed by atoms with Gasteiger partial charge in [0.1, 0.15) is 5.82 Å². The van der Waals surface area contributed by atoms with Crippen LogP contribution in [0.5, 0.6) is 5.75 Å². The zero-order valence-corrected chi connectivity index (χ0v) is 15.8. The van der Waals surface area contributed by atoms with Gasteiger partial charge in [-0.15, -0.1) is 0 Å². The van der Waals surface area contributed by atoms with E-state index in [-0.39, 0.29) is 30.6 Å². The predicted octanol–water partition coefficient (Wildman–Crippen LogP) is 2.05. The molecule has 12 heteroatoms. The van der Waals surface area contributed by atoms with Crippen molar-refractivity contribution in [3.63, 3.8) is 0 Å². The number of halogens is 4. The average Bonchev–Trinajstić information content (AvgIpc) is 3.08. The number of hydrogen-bond acceptors (Lipinski definition) is 8. The first kappa shape index (κ1) is 20.4. The second kappa shape index (κ2) is 8.46. The molecule has 4 heterocycles.